The van der Waals surface area contributed by atoms with Crippen molar-refractivity contribution in [2.24, 2.45) is 5.40 Å². The Hall–Kier alpha value is -0.923. The quantitative estimate of drug-likeness (QED) is 0.713. The first-order valence-corrected chi connectivity index (χ1v) is 8.30. The Kier molecular flexibility index (Phi) is 9.48. The second-order valence-electron chi connectivity index (χ2n) is 5.98. The van der Waals surface area contributed by atoms with Crippen LogP contribution in [-0.2, 0) is 19.6 Å². The summed E-state index contributed by atoms with van der Waals surface area (Å²) in [7, 11) is 13.0. The summed E-state index contributed by atoms with van der Waals surface area (Å²) >= 11 is 0. The molecule has 0 heterocycles. The van der Waals surface area contributed by atoms with Crippen LogP contribution < -0.4 is 5.40 Å². The molecular weight excluding hydrogens is 280 g/mol. The van der Waals surface area contributed by atoms with Crippen LogP contribution in [0.4, 0.5) is 0 Å². The molecule has 0 aliphatic carbocycles. The van der Waals surface area contributed by atoms with Gasteiger partial charge in [0.1, 0.15) is 5.75 Å². The standard InChI is InChI=1S/C15H27N3O.H5NSi/c1-16(2)9-12-7-13(10-17(3)4)15(19)14(8-12)11-18(5)6;1-2/h7-8,19H,9-11H2,1-6H3;1H2,2H3. The fourth-order valence-electron chi connectivity index (χ4n) is 2.21. The van der Waals surface area contributed by atoms with E-state index < -0.39 is 0 Å². The zero-order valence-corrected chi connectivity index (χ0v) is 16.6. The topological polar surface area (TPSA) is 56.0 Å². The zero-order chi connectivity index (χ0) is 16.6. The molecule has 0 aromatic heterocycles. The van der Waals surface area contributed by atoms with Crippen molar-refractivity contribution >= 4 is 10.4 Å². The van der Waals surface area contributed by atoms with Crippen molar-refractivity contribution in [1.82, 2.24) is 14.7 Å². The number of aromatic hydroxyl groups is 1. The van der Waals surface area contributed by atoms with Crippen LogP contribution >= 0.6 is 0 Å². The molecule has 0 unspecified atom stereocenters. The number of nitrogens with zero attached hydrogens (tertiary/aromatic N) is 3. The van der Waals surface area contributed by atoms with Crippen LogP contribution in [0, 0.1) is 0 Å². The highest BCUT2D eigenvalue weighted by Crippen LogP contribution is 2.27. The van der Waals surface area contributed by atoms with E-state index in [-0.39, 0.29) is 0 Å². The Bertz CT molecular complexity index is 391. The lowest BCUT2D eigenvalue weighted by atomic mass is 10.0. The van der Waals surface area contributed by atoms with Crippen molar-refractivity contribution in [2.75, 3.05) is 42.3 Å². The smallest absolute Gasteiger partial charge is 0.124 e. The zero-order valence-electron chi connectivity index (χ0n) is 14.6. The van der Waals surface area contributed by atoms with Gasteiger partial charge in [-0.25, -0.2) is 0 Å². The molecule has 0 atom stereocenters. The Morgan fingerprint density at radius 3 is 1.43 bits per heavy atom. The van der Waals surface area contributed by atoms with Crippen LogP contribution in [0.1, 0.15) is 16.7 Å². The maximum Gasteiger partial charge on any atom is 0.124 e. The van der Waals surface area contributed by atoms with E-state index in [0.717, 1.165) is 41.2 Å². The Morgan fingerprint density at radius 2 is 1.14 bits per heavy atom. The lowest BCUT2D eigenvalue weighted by Gasteiger charge is -2.19. The van der Waals surface area contributed by atoms with Gasteiger partial charge in [0.25, 0.3) is 0 Å². The fourth-order valence-corrected chi connectivity index (χ4v) is 2.21. The molecule has 21 heavy (non-hydrogen) atoms. The van der Waals surface area contributed by atoms with E-state index in [2.05, 4.69) is 46.3 Å². The van der Waals surface area contributed by atoms with Gasteiger partial charge in [0.15, 0.2) is 0 Å². The van der Waals surface area contributed by atoms with Gasteiger partial charge in [0.2, 0.25) is 0 Å². The van der Waals surface area contributed by atoms with Crippen molar-refractivity contribution < 1.29 is 5.11 Å². The molecule has 0 aliphatic heterocycles. The Balaban J connectivity index is 0.00000191. The Morgan fingerprint density at radius 1 is 0.810 bits per heavy atom. The van der Waals surface area contributed by atoms with Crippen LogP contribution in [0.5, 0.6) is 5.75 Å². The minimum Gasteiger partial charge on any atom is -0.507 e. The SMILES string of the molecule is CN(C)Cc1cc(CN(C)C)c(O)c(CN(C)C)c1.N[SiH3]. The highest BCUT2D eigenvalue weighted by Gasteiger charge is 2.12. The predicted molar refractivity (Wildman–Crippen MR) is 94.4 cm³/mol. The molecule has 0 spiro atoms. The lowest BCUT2D eigenvalue weighted by molar-refractivity contribution is 0.365. The average Bonchev–Trinajstić information content (AvgIpc) is 2.35. The van der Waals surface area contributed by atoms with Crippen LogP contribution in [0.15, 0.2) is 12.1 Å². The summed E-state index contributed by atoms with van der Waals surface area (Å²) in [6.45, 7) is 2.40. The summed E-state index contributed by atoms with van der Waals surface area (Å²) < 4.78 is 0. The third-order valence-corrected chi connectivity index (χ3v) is 2.80. The van der Waals surface area contributed by atoms with Gasteiger partial charge in [-0.1, -0.05) is 0 Å². The molecule has 0 saturated heterocycles. The van der Waals surface area contributed by atoms with Gasteiger partial charge in [0, 0.05) is 30.8 Å². The average molecular weight is 313 g/mol. The minimum absolute atomic E-state index is 0.435. The number of hydrogen-bond acceptors (Lipinski definition) is 5. The van der Waals surface area contributed by atoms with Crippen molar-refractivity contribution in [3.05, 3.63) is 28.8 Å². The third kappa shape index (κ3) is 7.59. The van der Waals surface area contributed by atoms with E-state index in [0.29, 0.717) is 5.75 Å². The minimum atomic E-state index is 0.435. The van der Waals surface area contributed by atoms with E-state index in [4.69, 9.17) is 0 Å². The van der Waals surface area contributed by atoms with Crippen molar-refractivity contribution in [3.63, 3.8) is 0 Å². The maximum absolute atomic E-state index is 10.4. The van der Waals surface area contributed by atoms with Crippen molar-refractivity contribution in [3.8, 4) is 5.75 Å². The molecule has 6 heteroatoms. The summed E-state index contributed by atoms with van der Waals surface area (Å²) in [4.78, 5) is 6.30. The molecule has 1 aromatic rings. The first-order valence-electron chi connectivity index (χ1n) is 7.15. The molecule has 1 rings (SSSR count). The Labute approximate surface area is 132 Å². The summed E-state index contributed by atoms with van der Waals surface area (Å²) in [6.07, 6.45) is 0. The third-order valence-electron chi connectivity index (χ3n) is 2.80. The monoisotopic (exact) mass is 312 g/mol. The summed E-state index contributed by atoms with van der Waals surface area (Å²) in [5, 5.41) is 15.0. The molecule has 122 valence electrons. The van der Waals surface area contributed by atoms with Gasteiger partial charge in [-0.3, -0.25) is 0 Å². The molecule has 5 nitrogen and oxygen atoms in total. The maximum atomic E-state index is 10.4. The van der Waals surface area contributed by atoms with Crippen LogP contribution in [0.25, 0.3) is 0 Å². The molecule has 0 radical (unpaired) electrons. The van der Waals surface area contributed by atoms with E-state index >= 15 is 0 Å². The number of phenols is 1. The normalized spacial score (nSPS) is 11.1. The van der Waals surface area contributed by atoms with Gasteiger partial charge in [0.05, 0.1) is 10.4 Å². The van der Waals surface area contributed by atoms with Crippen molar-refractivity contribution in [2.45, 2.75) is 19.6 Å². The largest absolute Gasteiger partial charge is 0.507 e. The van der Waals surface area contributed by atoms with Gasteiger partial charge < -0.3 is 25.2 Å². The van der Waals surface area contributed by atoms with Crippen molar-refractivity contribution in [1.29, 1.82) is 0 Å². The van der Waals surface area contributed by atoms with Crippen LogP contribution in [-0.4, -0.2) is 72.5 Å². The number of phenolic OH excluding ortho intramolecular Hbond substituents is 1. The summed E-state index contributed by atoms with van der Waals surface area (Å²) in [5.74, 6) is 0.435. The number of hydrogen-bond donors (Lipinski definition) is 2. The van der Waals surface area contributed by atoms with E-state index in [1.54, 1.807) is 0 Å². The number of benzene rings is 1. The molecule has 3 N–H and O–H groups in total. The first kappa shape index (κ1) is 20.1. The van der Waals surface area contributed by atoms with Crippen LogP contribution in [0.2, 0.25) is 0 Å². The second kappa shape index (κ2) is 9.91. The predicted octanol–water partition coefficient (Wildman–Crippen LogP) is -0.197. The lowest BCUT2D eigenvalue weighted by Crippen LogP contribution is -2.16. The van der Waals surface area contributed by atoms with E-state index in [1.807, 2.05) is 28.2 Å². The molecule has 0 aliphatic rings. The number of rotatable bonds is 6. The second-order valence-corrected chi connectivity index (χ2v) is 5.98. The highest BCUT2D eigenvalue weighted by molar-refractivity contribution is 6.02. The fraction of sp³-hybridized carbons (Fsp3) is 0.600. The summed E-state index contributed by atoms with van der Waals surface area (Å²) in [6, 6.07) is 4.21. The molecule has 0 amide bonds. The van der Waals surface area contributed by atoms with Gasteiger partial charge in [-0.2, -0.15) is 0 Å². The van der Waals surface area contributed by atoms with Gasteiger partial charge in [-0.05, 0) is 60.0 Å². The van der Waals surface area contributed by atoms with Gasteiger partial charge >= 0.3 is 0 Å². The van der Waals surface area contributed by atoms with Gasteiger partial charge in [-0.15, -0.1) is 0 Å². The molecule has 0 fully saturated rings. The summed E-state index contributed by atoms with van der Waals surface area (Å²) in [5.41, 5.74) is 3.25. The highest BCUT2D eigenvalue weighted by atomic mass is 28.2. The molecule has 1 aromatic carbocycles. The van der Waals surface area contributed by atoms with E-state index in [9.17, 15) is 5.11 Å². The van der Waals surface area contributed by atoms with Crippen LogP contribution in [0.3, 0.4) is 0 Å². The molecular formula is C15H32N4OSi. The molecule has 0 bridgehead atoms. The van der Waals surface area contributed by atoms with E-state index in [1.165, 1.54) is 5.56 Å². The molecule has 0 saturated carbocycles. The number of nitrogens with two attached hydrogens (primary N) is 1. The first-order chi connectivity index (χ1) is 9.79.